The second kappa shape index (κ2) is 7.58. The van der Waals surface area contributed by atoms with Gasteiger partial charge in [-0.3, -0.25) is 0 Å². The van der Waals surface area contributed by atoms with Crippen LogP contribution in [-0.2, 0) is 6.42 Å². The van der Waals surface area contributed by atoms with E-state index in [1.54, 1.807) is 0 Å². The van der Waals surface area contributed by atoms with Gasteiger partial charge in [-0.2, -0.15) is 0 Å². The standard InChI is InChI=1S/C20H23N/c1-3-7-19-14-18(11-10-16(19)2)12-13-20(21)15-17-8-5-4-6-9-17/h3-11,14,19,21H,2,12-13,15H2,1H3. The molecule has 0 aromatic heterocycles. The van der Waals surface area contributed by atoms with Gasteiger partial charge in [-0.15, -0.1) is 0 Å². The van der Waals surface area contributed by atoms with Crippen molar-refractivity contribution < 1.29 is 0 Å². The zero-order valence-corrected chi connectivity index (χ0v) is 12.7. The van der Waals surface area contributed by atoms with Crippen molar-refractivity contribution in [3.05, 3.63) is 84.0 Å². The highest BCUT2D eigenvalue weighted by atomic mass is 14.4. The molecule has 0 radical (unpaired) electrons. The van der Waals surface area contributed by atoms with Crippen molar-refractivity contribution in [3.63, 3.8) is 0 Å². The second-order valence-electron chi connectivity index (χ2n) is 5.47. The second-order valence-corrected chi connectivity index (χ2v) is 5.47. The molecule has 0 bridgehead atoms. The van der Waals surface area contributed by atoms with Gasteiger partial charge in [0.05, 0.1) is 0 Å². The van der Waals surface area contributed by atoms with Crippen LogP contribution in [0.25, 0.3) is 0 Å². The Morgan fingerprint density at radius 2 is 2.00 bits per heavy atom. The van der Waals surface area contributed by atoms with E-state index in [0.29, 0.717) is 5.92 Å². The average molecular weight is 277 g/mol. The van der Waals surface area contributed by atoms with Crippen molar-refractivity contribution in [1.82, 2.24) is 0 Å². The Hall–Kier alpha value is -2.15. The zero-order valence-electron chi connectivity index (χ0n) is 12.7. The van der Waals surface area contributed by atoms with Crippen LogP contribution >= 0.6 is 0 Å². The smallest absolute Gasteiger partial charge is 0.0198 e. The molecule has 1 unspecified atom stereocenters. The predicted molar refractivity (Wildman–Crippen MR) is 91.8 cm³/mol. The van der Waals surface area contributed by atoms with Gasteiger partial charge >= 0.3 is 0 Å². The minimum absolute atomic E-state index is 0.318. The van der Waals surface area contributed by atoms with Crippen molar-refractivity contribution in [2.45, 2.75) is 26.2 Å². The van der Waals surface area contributed by atoms with Gasteiger partial charge in [0, 0.05) is 18.1 Å². The van der Waals surface area contributed by atoms with Crippen LogP contribution < -0.4 is 0 Å². The molecule has 0 spiro atoms. The summed E-state index contributed by atoms with van der Waals surface area (Å²) in [6.45, 7) is 6.11. The van der Waals surface area contributed by atoms with Gasteiger partial charge < -0.3 is 5.41 Å². The zero-order chi connectivity index (χ0) is 15.1. The predicted octanol–water partition coefficient (Wildman–Crippen LogP) is 5.27. The molecule has 0 amide bonds. The molecule has 0 saturated heterocycles. The molecule has 1 aliphatic carbocycles. The number of nitrogens with one attached hydrogen (secondary N) is 1. The molecule has 0 heterocycles. The molecule has 0 fully saturated rings. The lowest BCUT2D eigenvalue weighted by atomic mass is 9.89. The summed E-state index contributed by atoms with van der Waals surface area (Å²) in [6, 6.07) is 10.2. The quantitative estimate of drug-likeness (QED) is 0.541. The van der Waals surface area contributed by atoms with Gasteiger partial charge in [0.15, 0.2) is 0 Å². The SMILES string of the molecule is C=C1C=CC(CCC(=N)Cc2ccccc2)=CC1C=CC. The Bertz CT molecular complexity index is 588. The van der Waals surface area contributed by atoms with Crippen LogP contribution in [-0.4, -0.2) is 5.71 Å². The first-order valence-electron chi connectivity index (χ1n) is 7.49. The number of allylic oxidation sites excluding steroid dienone is 7. The summed E-state index contributed by atoms with van der Waals surface area (Å²) in [5.41, 5.74) is 4.46. The summed E-state index contributed by atoms with van der Waals surface area (Å²) >= 11 is 0. The maximum absolute atomic E-state index is 8.13. The number of hydrogen-bond donors (Lipinski definition) is 1. The molecule has 1 atom stereocenters. The highest BCUT2D eigenvalue weighted by Crippen LogP contribution is 2.24. The maximum atomic E-state index is 8.13. The van der Waals surface area contributed by atoms with Gasteiger partial charge in [-0.1, -0.05) is 72.9 Å². The Morgan fingerprint density at radius 1 is 1.24 bits per heavy atom. The van der Waals surface area contributed by atoms with E-state index in [4.69, 9.17) is 5.41 Å². The Labute approximate surface area is 127 Å². The monoisotopic (exact) mass is 277 g/mol. The minimum Gasteiger partial charge on any atom is -0.309 e. The average Bonchev–Trinajstić information content (AvgIpc) is 2.49. The van der Waals surface area contributed by atoms with Gasteiger partial charge in [0.25, 0.3) is 0 Å². The number of hydrogen-bond acceptors (Lipinski definition) is 1. The lowest BCUT2D eigenvalue weighted by molar-refractivity contribution is 0.928. The van der Waals surface area contributed by atoms with E-state index in [1.165, 1.54) is 11.1 Å². The highest BCUT2D eigenvalue weighted by molar-refractivity contribution is 5.83. The molecule has 1 N–H and O–H groups in total. The van der Waals surface area contributed by atoms with Crippen LogP contribution in [0.2, 0.25) is 0 Å². The summed E-state index contributed by atoms with van der Waals surface area (Å²) in [6.07, 6.45) is 13.2. The van der Waals surface area contributed by atoms with E-state index in [0.717, 1.165) is 30.5 Å². The summed E-state index contributed by atoms with van der Waals surface area (Å²) in [5.74, 6) is 0.318. The van der Waals surface area contributed by atoms with Crippen molar-refractivity contribution in [2.24, 2.45) is 5.92 Å². The molecule has 1 heteroatoms. The van der Waals surface area contributed by atoms with Crippen molar-refractivity contribution in [2.75, 3.05) is 0 Å². The van der Waals surface area contributed by atoms with Crippen LogP contribution in [0.15, 0.2) is 78.4 Å². The van der Waals surface area contributed by atoms with Crippen LogP contribution in [0.3, 0.4) is 0 Å². The van der Waals surface area contributed by atoms with Gasteiger partial charge in [0.2, 0.25) is 0 Å². The molecular formula is C20H23N. The molecule has 1 nitrogen and oxygen atoms in total. The van der Waals surface area contributed by atoms with Gasteiger partial charge in [-0.05, 0) is 30.9 Å². The summed E-state index contributed by atoms with van der Waals surface area (Å²) in [5, 5.41) is 8.13. The first-order valence-corrected chi connectivity index (χ1v) is 7.49. The van der Waals surface area contributed by atoms with E-state index in [1.807, 2.05) is 25.1 Å². The minimum atomic E-state index is 0.318. The molecule has 1 aliphatic rings. The first kappa shape index (κ1) is 15.2. The van der Waals surface area contributed by atoms with Crippen molar-refractivity contribution in [1.29, 1.82) is 5.41 Å². The van der Waals surface area contributed by atoms with Crippen LogP contribution in [0.5, 0.6) is 0 Å². The summed E-state index contributed by atoms with van der Waals surface area (Å²) in [4.78, 5) is 0. The highest BCUT2D eigenvalue weighted by Gasteiger charge is 2.10. The third-order valence-corrected chi connectivity index (χ3v) is 3.71. The lowest BCUT2D eigenvalue weighted by Crippen LogP contribution is -2.04. The molecule has 108 valence electrons. The van der Waals surface area contributed by atoms with Crippen LogP contribution in [0, 0.1) is 11.3 Å². The van der Waals surface area contributed by atoms with Crippen molar-refractivity contribution in [3.8, 4) is 0 Å². The fourth-order valence-corrected chi connectivity index (χ4v) is 2.50. The van der Waals surface area contributed by atoms with Crippen LogP contribution in [0.1, 0.15) is 25.3 Å². The fraction of sp³-hybridized carbons (Fsp3) is 0.250. The van der Waals surface area contributed by atoms with E-state index >= 15 is 0 Å². The molecule has 1 aromatic carbocycles. The number of benzene rings is 1. The van der Waals surface area contributed by atoms with Crippen LogP contribution in [0.4, 0.5) is 0 Å². The Kier molecular flexibility index (Phi) is 5.51. The van der Waals surface area contributed by atoms with Crippen molar-refractivity contribution >= 4 is 5.71 Å². The van der Waals surface area contributed by atoms with E-state index in [-0.39, 0.29) is 0 Å². The number of rotatable bonds is 6. The molecule has 0 aliphatic heterocycles. The molecular weight excluding hydrogens is 254 g/mol. The van der Waals surface area contributed by atoms with E-state index in [9.17, 15) is 0 Å². The third kappa shape index (κ3) is 4.71. The largest absolute Gasteiger partial charge is 0.309 e. The Morgan fingerprint density at radius 3 is 2.71 bits per heavy atom. The summed E-state index contributed by atoms with van der Waals surface area (Å²) < 4.78 is 0. The molecule has 0 saturated carbocycles. The van der Waals surface area contributed by atoms with E-state index in [2.05, 4.69) is 49.1 Å². The van der Waals surface area contributed by atoms with Gasteiger partial charge in [-0.25, -0.2) is 0 Å². The lowest BCUT2D eigenvalue weighted by Gasteiger charge is -2.16. The topological polar surface area (TPSA) is 23.9 Å². The van der Waals surface area contributed by atoms with Gasteiger partial charge in [0.1, 0.15) is 0 Å². The fourth-order valence-electron chi connectivity index (χ4n) is 2.50. The molecule has 1 aromatic rings. The normalized spacial score (nSPS) is 18.0. The first-order chi connectivity index (χ1) is 10.2. The maximum Gasteiger partial charge on any atom is 0.0198 e. The molecule has 2 rings (SSSR count). The Balaban J connectivity index is 1.88. The van der Waals surface area contributed by atoms with E-state index < -0.39 is 0 Å². The third-order valence-electron chi connectivity index (χ3n) is 3.71. The summed E-state index contributed by atoms with van der Waals surface area (Å²) in [7, 11) is 0. The molecule has 21 heavy (non-hydrogen) atoms.